The number of amides is 1. The van der Waals surface area contributed by atoms with Crippen molar-refractivity contribution in [3.05, 3.63) is 108 Å². The Kier molecular flexibility index (Phi) is 6.22. The van der Waals surface area contributed by atoms with Crippen LogP contribution in [0.25, 0.3) is 22.5 Å². The van der Waals surface area contributed by atoms with Crippen LogP contribution in [0.5, 0.6) is 0 Å². The number of ether oxygens (including phenoxy) is 1. The summed E-state index contributed by atoms with van der Waals surface area (Å²) in [5.41, 5.74) is 6.47. The predicted molar refractivity (Wildman–Crippen MR) is 131 cm³/mol. The van der Waals surface area contributed by atoms with Crippen molar-refractivity contribution in [1.29, 1.82) is 0 Å². The van der Waals surface area contributed by atoms with Crippen LogP contribution in [-0.2, 0) is 16.0 Å². The number of nitrogens with zero attached hydrogens (tertiary/aromatic N) is 2. The number of carboxylic acid groups (broad SMARTS) is 1. The van der Waals surface area contributed by atoms with Crippen molar-refractivity contribution in [3.8, 4) is 22.5 Å². The van der Waals surface area contributed by atoms with Crippen LogP contribution in [0.1, 0.15) is 22.6 Å². The number of carbonyl (C=O) groups excluding carboxylic acids is 1. The van der Waals surface area contributed by atoms with Crippen LogP contribution in [0.3, 0.4) is 0 Å². The Morgan fingerprint density at radius 1 is 0.857 bits per heavy atom. The lowest BCUT2D eigenvalue weighted by molar-refractivity contribution is -0.139. The van der Waals surface area contributed by atoms with E-state index in [9.17, 15) is 14.7 Å². The summed E-state index contributed by atoms with van der Waals surface area (Å²) in [5.74, 6) is -1.24. The molecule has 7 nitrogen and oxygen atoms in total. The summed E-state index contributed by atoms with van der Waals surface area (Å²) < 4.78 is 5.52. The first-order chi connectivity index (χ1) is 17.1. The van der Waals surface area contributed by atoms with Crippen molar-refractivity contribution in [2.75, 3.05) is 6.61 Å². The van der Waals surface area contributed by atoms with Crippen LogP contribution in [0.4, 0.5) is 4.79 Å². The van der Waals surface area contributed by atoms with Gasteiger partial charge in [0.2, 0.25) is 0 Å². The second-order valence-electron chi connectivity index (χ2n) is 8.33. The topological polar surface area (TPSA) is 101 Å². The van der Waals surface area contributed by atoms with Gasteiger partial charge in [0.25, 0.3) is 0 Å². The Balaban J connectivity index is 1.26. The number of hydrogen-bond donors (Lipinski definition) is 2. The molecule has 4 aromatic rings. The number of aromatic nitrogens is 2. The summed E-state index contributed by atoms with van der Waals surface area (Å²) >= 11 is 0. The number of fused-ring (bicyclic) bond motifs is 3. The molecule has 0 spiro atoms. The first-order valence-corrected chi connectivity index (χ1v) is 11.3. The third kappa shape index (κ3) is 4.75. The standard InChI is InChI=1S/C28H23N3O4/c32-27(33)26(16-18-12-14-30-25(15-18)24-11-5-6-13-29-24)31-28(34)35-17-23-21-9-3-1-7-19(21)20-8-2-4-10-22(20)23/h1-15,23,26H,16-17H2,(H,31,34)(H,32,33)/t26-/m0/s1. The van der Waals surface area contributed by atoms with Crippen molar-refractivity contribution in [1.82, 2.24) is 15.3 Å². The highest BCUT2D eigenvalue weighted by molar-refractivity contribution is 5.81. The van der Waals surface area contributed by atoms with Crippen molar-refractivity contribution >= 4 is 12.1 Å². The van der Waals surface area contributed by atoms with Gasteiger partial charge < -0.3 is 15.2 Å². The average Bonchev–Trinajstić information content (AvgIpc) is 3.21. The zero-order valence-electron chi connectivity index (χ0n) is 18.8. The minimum Gasteiger partial charge on any atom is -0.480 e. The zero-order valence-corrected chi connectivity index (χ0v) is 18.8. The normalized spacial score (nSPS) is 12.9. The Bertz CT molecular complexity index is 1330. The maximum atomic E-state index is 12.6. The molecule has 174 valence electrons. The van der Waals surface area contributed by atoms with Gasteiger partial charge in [0.05, 0.1) is 11.4 Å². The SMILES string of the molecule is O=C(N[C@@H](Cc1ccnc(-c2ccccn2)c1)C(=O)O)OCC1c2ccccc2-c2ccccc21. The predicted octanol–water partition coefficient (Wildman–Crippen LogP) is 4.68. The second kappa shape index (κ2) is 9.77. The molecule has 0 fully saturated rings. The Labute approximate surface area is 202 Å². The van der Waals surface area contributed by atoms with Gasteiger partial charge in [-0.15, -0.1) is 0 Å². The quantitative estimate of drug-likeness (QED) is 0.411. The zero-order chi connectivity index (χ0) is 24.2. The molecule has 2 heterocycles. The number of pyridine rings is 2. The fraction of sp³-hybridized carbons (Fsp3) is 0.143. The van der Waals surface area contributed by atoms with Crippen molar-refractivity contribution in [3.63, 3.8) is 0 Å². The molecule has 1 amide bonds. The van der Waals surface area contributed by atoms with E-state index in [1.54, 1.807) is 24.5 Å². The second-order valence-corrected chi connectivity index (χ2v) is 8.33. The molecule has 1 aliphatic rings. The minimum absolute atomic E-state index is 0.0852. The fourth-order valence-electron chi connectivity index (χ4n) is 4.47. The number of carbonyl (C=O) groups is 2. The van der Waals surface area contributed by atoms with Gasteiger partial charge in [-0.2, -0.15) is 0 Å². The van der Waals surface area contributed by atoms with Gasteiger partial charge in [-0.1, -0.05) is 54.6 Å². The number of aliphatic carboxylic acids is 1. The van der Waals surface area contributed by atoms with Crippen LogP contribution in [-0.4, -0.2) is 39.8 Å². The van der Waals surface area contributed by atoms with E-state index in [-0.39, 0.29) is 18.9 Å². The summed E-state index contributed by atoms with van der Waals surface area (Å²) in [6.45, 7) is 0.116. The highest BCUT2D eigenvalue weighted by Crippen LogP contribution is 2.44. The van der Waals surface area contributed by atoms with E-state index in [0.29, 0.717) is 17.0 Å². The first-order valence-electron chi connectivity index (χ1n) is 11.3. The van der Waals surface area contributed by atoms with Crippen LogP contribution in [0.15, 0.2) is 91.3 Å². The molecule has 0 radical (unpaired) electrons. The number of alkyl carbamates (subject to hydrolysis) is 1. The summed E-state index contributed by atoms with van der Waals surface area (Å²) in [5, 5.41) is 12.2. The highest BCUT2D eigenvalue weighted by Gasteiger charge is 2.29. The largest absolute Gasteiger partial charge is 0.480 e. The third-order valence-corrected chi connectivity index (χ3v) is 6.13. The lowest BCUT2D eigenvalue weighted by Crippen LogP contribution is -2.42. The Morgan fingerprint density at radius 3 is 2.17 bits per heavy atom. The maximum Gasteiger partial charge on any atom is 0.407 e. The number of benzene rings is 2. The van der Waals surface area contributed by atoms with E-state index >= 15 is 0 Å². The van der Waals surface area contributed by atoms with E-state index in [1.165, 1.54) is 0 Å². The highest BCUT2D eigenvalue weighted by atomic mass is 16.5. The van der Waals surface area contributed by atoms with Crippen molar-refractivity contribution in [2.24, 2.45) is 0 Å². The first kappa shape index (κ1) is 22.3. The molecule has 5 rings (SSSR count). The number of nitrogens with one attached hydrogen (secondary N) is 1. The summed E-state index contributed by atoms with van der Waals surface area (Å²) in [6.07, 6.45) is 2.59. The van der Waals surface area contributed by atoms with E-state index in [2.05, 4.69) is 27.4 Å². The summed E-state index contributed by atoms with van der Waals surface area (Å²) in [4.78, 5) is 33.1. The van der Waals surface area contributed by atoms with Gasteiger partial charge in [0.1, 0.15) is 12.6 Å². The molecule has 2 N–H and O–H groups in total. The number of carboxylic acids is 1. The molecule has 1 atom stereocenters. The van der Waals surface area contributed by atoms with Gasteiger partial charge in [-0.25, -0.2) is 9.59 Å². The molecule has 0 aliphatic heterocycles. The minimum atomic E-state index is -1.15. The van der Waals surface area contributed by atoms with Gasteiger partial charge in [0.15, 0.2) is 0 Å². The van der Waals surface area contributed by atoms with Gasteiger partial charge in [-0.3, -0.25) is 9.97 Å². The Morgan fingerprint density at radius 2 is 1.51 bits per heavy atom. The molecule has 35 heavy (non-hydrogen) atoms. The molecule has 0 unspecified atom stereocenters. The van der Waals surface area contributed by atoms with E-state index in [1.807, 2.05) is 54.6 Å². The van der Waals surface area contributed by atoms with E-state index < -0.39 is 18.1 Å². The fourth-order valence-corrected chi connectivity index (χ4v) is 4.47. The number of rotatable bonds is 7. The van der Waals surface area contributed by atoms with Crippen molar-refractivity contribution in [2.45, 2.75) is 18.4 Å². The van der Waals surface area contributed by atoms with Crippen molar-refractivity contribution < 1.29 is 19.4 Å². The maximum absolute atomic E-state index is 12.6. The lowest BCUT2D eigenvalue weighted by Gasteiger charge is -2.17. The van der Waals surface area contributed by atoms with Crippen LogP contribution in [0, 0.1) is 0 Å². The summed E-state index contributed by atoms with van der Waals surface area (Å²) in [6, 6.07) is 23.9. The van der Waals surface area contributed by atoms with Gasteiger partial charge in [-0.05, 0) is 52.1 Å². The van der Waals surface area contributed by atoms with E-state index in [4.69, 9.17) is 4.74 Å². The molecular weight excluding hydrogens is 442 g/mol. The molecule has 0 saturated carbocycles. The molecule has 1 aliphatic carbocycles. The monoisotopic (exact) mass is 465 g/mol. The van der Waals surface area contributed by atoms with Crippen LogP contribution < -0.4 is 5.32 Å². The summed E-state index contributed by atoms with van der Waals surface area (Å²) in [7, 11) is 0. The van der Waals surface area contributed by atoms with Crippen LogP contribution in [0.2, 0.25) is 0 Å². The van der Waals surface area contributed by atoms with Crippen LogP contribution >= 0.6 is 0 Å². The molecule has 7 heteroatoms. The lowest BCUT2D eigenvalue weighted by atomic mass is 9.98. The molecule has 2 aromatic carbocycles. The van der Waals surface area contributed by atoms with E-state index in [0.717, 1.165) is 22.3 Å². The Hall–Kier alpha value is -4.52. The van der Waals surface area contributed by atoms with Gasteiger partial charge >= 0.3 is 12.1 Å². The molecule has 2 aromatic heterocycles. The molecular formula is C28H23N3O4. The smallest absolute Gasteiger partial charge is 0.407 e. The molecule has 0 bridgehead atoms. The molecule has 0 saturated heterocycles. The number of hydrogen-bond acceptors (Lipinski definition) is 5. The third-order valence-electron chi connectivity index (χ3n) is 6.13. The average molecular weight is 466 g/mol. The van der Waals surface area contributed by atoms with Gasteiger partial charge in [0, 0.05) is 24.7 Å².